The number of hydrogen-bond acceptors (Lipinski definition) is 6. The van der Waals surface area contributed by atoms with Gasteiger partial charge in [0.05, 0.1) is 0 Å². The van der Waals surface area contributed by atoms with Crippen LogP contribution in [0, 0.1) is 10.1 Å². The molecule has 2 rings (SSSR count). The normalized spacial score (nSPS) is 21.0. The summed E-state index contributed by atoms with van der Waals surface area (Å²) >= 11 is 0. The van der Waals surface area contributed by atoms with Crippen LogP contribution in [0.5, 0.6) is 0 Å². The molecule has 1 saturated heterocycles. The van der Waals surface area contributed by atoms with Gasteiger partial charge in [-0.15, -0.1) is 10.1 Å². The Bertz CT molecular complexity index is 549. The van der Waals surface area contributed by atoms with E-state index in [4.69, 9.17) is 10.5 Å². The van der Waals surface area contributed by atoms with Crippen LogP contribution in [-0.4, -0.2) is 41.2 Å². The van der Waals surface area contributed by atoms with Crippen molar-refractivity contribution in [2.75, 3.05) is 13.2 Å². The van der Waals surface area contributed by atoms with Crippen LogP contribution in [-0.2, 0) is 14.4 Å². The summed E-state index contributed by atoms with van der Waals surface area (Å²) in [5.74, 6) is -0.783. The minimum Gasteiger partial charge on any atom is -0.433 e. The lowest BCUT2D eigenvalue weighted by molar-refractivity contribution is -0.757. The van der Waals surface area contributed by atoms with Gasteiger partial charge in [-0.2, -0.15) is 0 Å². The second-order valence-electron chi connectivity index (χ2n) is 4.31. The molecule has 1 aliphatic heterocycles. The predicted octanol–water partition coefficient (Wildman–Crippen LogP) is 0.242. The first-order chi connectivity index (χ1) is 10.0. The fourth-order valence-corrected chi connectivity index (χ4v) is 2.18. The molecule has 0 bridgehead atoms. The number of carbonyl (C=O) groups excluding carboxylic acids is 2. The SMILES string of the molecule is NC(=O)C1OC(=O)N(CCO[N+](=O)[O-])C1c1ccccc1. The van der Waals surface area contributed by atoms with Gasteiger partial charge in [0.1, 0.15) is 12.6 Å². The van der Waals surface area contributed by atoms with E-state index in [9.17, 15) is 19.7 Å². The standard InChI is InChI=1S/C12H13N3O6/c13-11(16)10-9(8-4-2-1-3-5-8)14(12(17)21-10)6-7-20-15(18)19/h1-5,9-10H,6-7H2,(H2,13,16). The third kappa shape index (κ3) is 3.19. The lowest BCUT2D eigenvalue weighted by Gasteiger charge is -2.23. The Morgan fingerprint density at radius 1 is 1.43 bits per heavy atom. The highest BCUT2D eigenvalue weighted by Gasteiger charge is 2.45. The van der Waals surface area contributed by atoms with Gasteiger partial charge in [-0.05, 0) is 5.56 Å². The lowest BCUT2D eigenvalue weighted by atomic mass is 10.0. The molecule has 0 radical (unpaired) electrons. The highest BCUT2D eigenvalue weighted by molar-refractivity contribution is 5.86. The van der Waals surface area contributed by atoms with Gasteiger partial charge in [-0.3, -0.25) is 9.69 Å². The number of nitrogens with two attached hydrogens (primary N) is 1. The maximum Gasteiger partial charge on any atom is 0.411 e. The Morgan fingerprint density at radius 2 is 2.10 bits per heavy atom. The van der Waals surface area contributed by atoms with Gasteiger partial charge in [-0.1, -0.05) is 30.3 Å². The van der Waals surface area contributed by atoms with Crippen LogP contribution in [0.2, 0.25) is 0 Å². The summed E-state index contributed by atoms with van der Waals surface area (Å²) in [4.78, 5) is 38.8. The molecular formula is C12H13N3O6. The van der Waals surface area contributed by atoms with E-state index in [0.717, 1.165) is 0 Å². The smallest absolute Gasteiger partial charge is 0.411 e. The number of primary amides is 1. The van der Waals surface area contributed by atoms with Gasteiger partial charge in [0.25, 0.3) is 11.0 Å². The number of nitrogens with zero attached hydrogens (tertiary/aromatic N) is 2. The molecule has 2 amide bonds. The minimum absolute atomic E-state index is 0.0941. The lowest BCUT2D eigenvalue weighted by Crippen LogP contribution is -2.37. The Balaban J connectivity index is 2.21. The van der Waals surface area contributed by atoms with Crippen LogP contribution < -0.4 is 5.73 Å². The van der Waals surface area contributed by atoms with Crippen LogP contribution in [0.25, 0.3) is 0 Å². The van der Waals surface area contributed by atoms with Crippen LogP contribution in [0.15, 0.2) is 30.3 Å². The number of amides is 2. The molecule has 9 nitrogen and oxygen atoms in total. The molecular weight excluding hydrogens is 282 g/mol. The molecule has 1 fully saturated rings. The molecule has 0 spiro atoms. The summed E-state index contributed by atoms with van der Waals surface area (Å²) < 4.78 is 4.95. The second kappa shape index (κ2) is 6.07. The van der Waals surface area contributed by atoms with Crippen LogP contribution in [0.1, 0.15) is 11.6 Å². The first-order valence-electron chi connectivity index (χ1n) is 6.09. The summed E-state index contributed by atoms with van der Waals surface area (Å²) in [6.07, 6.45) is -1.91. The number of rotatable bonds is 6. The summed E-state index contributed by atoms with van der Waals surface area (Å²) in [5, 5.41) is 9.20. The van der Waals surface area contributed by atoms with E-state index in [2.05, 4.69) is 4.84 Å². The number of hydrogen-bond donors (Lipinski definition) is 1. The van der Waals surface area contributed by atoms with Crippen molar-refractivity contribution in [3.63, 3.8) is 0 Å². The molecule has 2 N–H and O–H groups in total. The molecule has 2 unspecified atom stereocenters. The zero-order valence-electron chi connectivity index (χ0n) is 10.9. The highest BCUT2D eigenvalue weighted by atomic mass is 16.9. The predicted molar refractivity (Wildman–Crippen MR) is 68.3 cm³/mol. The largest absolute Gasteiger partial charge is 0.433 e. The van der Waals surface area contributed by atoms with Crippen molar-refractivity contribution in [3.05, 3.63) is 46.0 Å². The molecule has 1 heterocycles. The van der Waals surface area contributed by atoms with Crippen molar-refractivity contribution < 1.29 is 24.3 Å². The molecule has 0 saturated carbocycles. The van der Waals surface area contributed by atoms with E-state index in [1.807, 2.05) is 0 Å². The van der Waals surface area contributed by atoms with Crippen molar-refractivity contribution >= 4 is 12.0 Å². The molecule has 1 aromatic rings. The molecule has 1 aromatic carbocycles. The van der Waals surface area contributed by atoms with Crippen molar-refractivity contribution in [1.82, 2.24) is 4.90 Å². The summed E-state index contributed by atoms with van der Waals surface area (Å²) in [6.45, 7) is -0.417. The number of ether oxygens (including phenoxy) is 1. The Hall–Kier alpha value is -2.84. The quantitative estimate of drug-likeness (QED) is 0.592. The first-order valence-corrected chi connectivity index (χ1v) is 6.09. The summed E-state index contributed by atoms with van der Waals surface area (Å²) in [7, 11) is 0. The maximum atomic E-state index is 11.8. The fourth-order valence-electron chi connectivity index (χ4n) is 2.18. The van der Waals surface area contributed by atoms with E-state index in [0.29, 0.717) is 5.56 Å². The van der Waals surface area contributed by atoms with Gasteiger partial charge in [0.2, 0.25) is 6.10 Å². The van der Waals surface area contributed by atoms with Crippen molar-refractivity contribution in [1.29, 1.82) is 0 Å². The van der Waals surface area contributed by atoms with Crippen LogP contribution in [0.3, 0.4) is 0 Å². The topological polar surface area (TPSA) is 125 Å². The molecule has 9 heteroatoms. The highest BCUT2D eigenvalue weighted by Crippen LogP contribution is 2.32. The summed E-state index contributed by atoms with van der Waals surface area (Å²) in [5.41, 5.74) is 5.89. The van der Waals surface area contributed by atoms with E-state index in [1.165, 1.54) is 4.90 Å². The number of benzene rings is 1. The van der Waals surface area contributed by atoms with Crippen LogP contribution in [0.4, 0.5) is 4.79 Å². The third-order valence-corrected chi connectivity index (χ3v) is 3.04. The molecule has 1 aliphatic rings. The monoisotopic (exact) mass is 295 g/mol. The third-order valence-electron chi connectivity index (χ3n) is 3.04. The Labute approximate surface area is 119 Å². The van der Waals surface area contributed by atoms with Gasteiger partial charge in [-0.25, -0.2) is 4.79 Å². The maximum absolute atomic E-state index is 11.8. The molecule has 0 aliphatic carbocycles. The van der Waals surface area contributed by atoms with E-state index < -0.39 is 29.2 Å². The average molecular weight is 295 g/mol. The minimum atomic E-state index is -1.14. The van der Waals surface area contributed by atoms with E-state index >= 15 is 0 Å². The van der Waals surface area contributed by atoms with Crippen molar-refractivity contribution in [2.45, 2.75) is 12.1 Å². The molecule has 21 heavy (non-hydrogen) atoms. The second-order valence-corrected chi connectivity index (χ2v) is 4.31. The van der Waals surface area contributed by atoms with Gasteiger partial charge < -0.3 is 15.3 Å². The zero-order valence-corrected chi connectivity index (χ0v) is 10.9. The Morgan fingerprint density at radius 3 is 2.67 bits per heavy atom. The molecule has 112 valence electrons. The average Bonchev–Trinajstić information content (AvgIpc) is 2.77. The van der Waals surface area contributed by atoms with Crippen LogP contribution >= 0.6 is 0 Å². The van der Waals surface area contributed by atoms with Crippen molar-refractivity contribution in [3.8, 4) is 0 Å². The molecule has 2 atom stereocenters. The van der Waals surface area contributed by atoms with Gasteiger partial charge >= 0.3 is 6.09 Å². The van der Waals surface area contributed by atoms with E-state index in [1.54, 1.807) is 30.3 Å². The number of carbonyl (C=O) groups is 2. The summed E-state index contributed by atoms with van der Waals surface area (Å²) in [6, 6.07) is 7.95. The van der Waals surface area contributed by atoms with Crippen molar-refractivity contribution in [2.24, 2.45) is 5.73 Å². The van der Waals surface area contributed by atoms with E-state index in [-0.39, 0.29) is 13.2 Å². The molecule has 0 aromatic heterocycles. The fraction of sp³-hybridized carbons (Fsp3) is 0.333. The zero-order chi connectivity index (χ0) is 15.4. The first kappa shape index (κ1) is 14.6. The Kier molecular flexibility index (Phi) is 4.21. The number of cyclic esters (lactones) is 1. The van der Waals surface area contributed by atoms with Gasteiger partial charge in [0, 0.05) is 6.54 Å². The van der Waals surface area contributed by atoms with Gasteiger partial charge in [0.15, 0.2) is 0 Å².